The fourth-order valence-corrected chi connectivity index (χ4v) is 3.03. The van der Waals surface area contributed by atoms with Gasteiger partial charge < -0.3 is 4.74 Å². The van der Waals surface area contributed by atoms with Crippen molar-refractivity contribution in [3.05, 3.63) is 34.9 Å². The number of aryl methyl sites for hydroxylation is 2. The Bertz CT molecular complexity index is 517. The van der Waals surface area contributed by atoms with E-state index in [9.17, 15) is 8.42 Å². The van der Waals surface area contributed by atoms with Crippen molar-refractivity contribution in [3.63, 3.8) is 0 Å². The molecule has 1 aromatic carbocycles. The third-order valence-corrected chi connectivity index (χ3v) is 5.12. The van der Waals surface area contributed by atoms with Crippen molar-refractivity contribution < 1.29 is 13.2 Å². The van der Waals surface area contributed by atoms with E-state index in [2.05, 4.69) is 0 Å². The summed E-state index contributed by atoms with van der Waals surface area (Å²) in [7, 11) is -1.89. The van der Waals surface area contributed by atoms with Gasteiger partial charge in [0.1, 0.15) is 5.21 Å². The topological polar surface area (TPSA) is 46.6 Å². The predicted molar refractivity (Wildman–Crippen MR) is 77.8 cm³/mol. The van der Waals surface area contributed by atoms with Crippen molar-refractivity contribution in [1.29, 1.82) is 0 Å². The third-order valence-electron chi connectivity index (χ3n) is 2.92. The molecule has 0 unspecified atom stereocenters. The Kier molecular flexibility index (Phi) is 6.26. The van der Waals surface area contributed by atoms with E-state index in [1.54, 1.807) is 7.11 Å². The summed E-state index contributed by atoms with van der Waals surface area (Å²) in [5, 5.41) is -0.415. The van der Waals surface area contributed by atoms with Crippen LogP contribution < -0.4 is 0 Å². The van der Waals surface area contributed by atoms with Crippen molar-refractivity contribution in [2.75, 3.05) is 25.5 Å². The first-order valence-corrected chi connectivity index (χ1v) is 8.14. The van der Waals surface area contributed by atoms with Gasteiger partial charge in [0.15, 0.2) is 0 Å². The second kappa shape index (κ2) is 7.24. The standard InChI is InChI=1S/C13H20ClNO3S/c1-11-4-5-13(12(2)8-11)9-15(6-7-18-3)19(16,17)10-14/h4-5,8H,6-7,9-10H2,1-3H3. The molecule has 0 aliphatic heterocycles. The summed E-state index contributed by atoms with van der Waals surface area (Å²) in [6.07, 6.45) is 0. The SMILES string of the molecule is COCCN(Cc1ccc(C)cc1C)S(=O)(=O)CCl. The minimum Gasteiger partial charge on any atom is -0.383 e. The molecule has 4 nitrogen and oxygen atoms in total. The highest BCUT2D eigenvalue weighted by molar-refractivity contribution is 7.90. The van der Waals surface area contributed by atoms with E-state index in [4.69, 9.17) is 16.3 Å². The number of rotatable bonds is 7. The number of nitrogens with zero attached hydrogens (tertiary/aromatic N) is 1. The maximum atomic E-state index is 11.9. The molecule has 0 heterocycles. The van der Waals surface area contributed by atoms with Gasteiger partial charge in [0.25, 0.3) is 0 Å². The molecule has 0 spiro atoms. The van der Waals surface area contributed by atoms with E-state index in [0.717, 1.165) is 16.7 Å². The van der Waals surface area contributed by atoms with Gasteiger partial charge in [0.05, 0.1) is 6.61 Å². The van der Waals surface area contributed by atoms with Crippen LogP contribution in [0, 0.1) is 13.8 Å². The summed E-state index contributed by atoms with van der Waals surface area (Å²) in [6, 6.07) is 5.97. The molecule has 0 saturated carbocycles. The number of alkyl halides is 1. The van der Waals surface area contributed by atoms with Crippen molar-refractivity contribution in [1.82, 2.24) is 4.31 Å². The predicted octanol–water partition coefficient (Wildman–Crippen LogP) is 2.28. The zero-order chi connectivity index (χ0) is 14.5. The lowest BCUT2D eigenvalue weighted by atomic mass is 10.1. The number of ether oxygens (including phenoxy) is 1. The van der Waals surface area contributed by atoms with E-state index in [1.807, 2.05) is 32.0 Å². The Labute approximate surface area is 120 Å². The van der Waals surface area contributed by atoms with Crippen LogP contribution in [0.3, 0.4) is 0 Å². The minimum absolute atomic E-state index is 0.304. The maximum Gasteiger partial charge on any atom is 0.228 e. The summed E-state index contributed by atoms with van der Waals surface area (Å²) in [5.41, 5.74) is 3.22. The molecule has 108 valence electrons. The number of hydrogen-bond donors (Lipinski definition) is 0. The van der Waals surface area contributed by atoms with Gasteiger partial charge in [-0.15, -0.1) is 11.6 Å². The van der Waals surface area contributed by atoms with Crippen LogP contribution >= 0.6 is 11.6 Å². The van der Waals surface area contributed by atoms with Gasteiger partial charge in [0.2, 0.25) is 10.0 Å². The molecule has 1 rings (SSSR count). The van der Waals surface area contributed by atoms with E-state index in [-0.39, 0.29) is 0 Å². The smallest absolute Gasteiger partial charge is 0.228 e. The van der Waals surface area contributed by atoms with Crippen LogP contribution in [0.2, 0.25) is 0 Å². The molecule has 0 fully saturated rings. The molecule has 6 heteroatoms. The molecule has 0 aliphatic carbocycles. The second-order valence-electron chi connectivity index (χ2n) is 4.48. The third kappa shape index (κ3) is 4.76. The van der Waals surface area contributed by atoms with Crippen LogP contribution in [0.1, 0.15) is 16.7 Å². The first-order chi connectivity index (χ1) is 8.90. The monoisotopic (exact) mass is 305 g/mol. The van der Waals surface area contributed by atoms with E-state index >= 15 is 0 Å². The normalized spacial score (nSPS) is 12.1. The quantitative estimate of drug-likeness (QED) is 0.726. The Balaban J connectivity index is 2.94. The largest absolute Gasteiger partial charge is 0.383 e. The van der Waals surface area contributed by atoms with Gasteiger partial charge >= 0.3 is 0 Å². The number of hydrogen-bond acceptors (Lipinski definition) is 3. The van der Waals surface area contributed by atoms with Crippen molar-refractivity contribution in [2.45, 2.75) is 20.4 Å². The molecule has 19 heavy (non-hydrogen) atoms. The maximum absolute atomic E-state index is 11.9. The molecular formula is C13H20ClNO3S. The number of benzene rings is 1. The molecule has 1 aromatic rings. The van der Waals surface area contributed by atoms with Gasteiger partial charge in [-0.1, -0.05) is 23.8 Å². The number of methoxy groups -OCH3 is 1. The van der Waals surface area contributed by atoms with Crippen molar-refractivity contribution >= 4 is 21.6 Å². The Morgan fingerprint density at radius 3 is 2.53 bits per heavy atom. The van der Waals surface area contributed by atoms with Gasteiger partial charge in [-0.25, -0.2) is 8.42 Å². The van der Waals surface area contributed by atoms with E-state index in [1.165, 1.54) is 4.31 Å². The van der Waals surface area contributed by atoms with E-state index < -0.39 is 15.2 Å². The minimum atomic E-state index is -3.44. The highest BCUT2D eigenvalue weighted by Crippen LogP contribution is 2.16. The van der Waals surface area contributed by atoms with Gasteiger partial charge in [-0.3, -0.25) is 0 Å². The van der Waals surface area contributed by atoms with Crippen LogP contribution in [-0.2, 0) is 21.3 Å². The molecule has 0 aliphatic rings. The fourth-order valence-electron chi connectivity index (χ4n) is 1.79. The molecule has 0 saturated heterocycles. The summed E-state index contributed by atoms with van der Waals surface area (Å²) in [6.45, 7) is 4.96. The Morgan fingerprint density at radius 1 is 1.32 bits per heavy atom. The average Bonchev–Trinajstić information content (AvgIpc) is 2.36. The van der Waals surface area contributed by atoms with Crippen molar-refractivity contribution in [3.8, 4) is 0 Å². The fraction of sp³-hybridized carbons (Fsp3) is 0.538. The number of sulfonamides is 1. The molecule has 0 aromatic heterocycles. The molecular weight excluding hydrogens is 286 g/mol. The average molecular weight is 306 g/mol. The lowest BCUT2D eigenvalue weighted by Gasteiger charge is -2.21. The van der Waals surface area contributed by atoms with Crippen LogP contribution in [0.5, 0.6) is 0 Å². The zero-order valence-electron chi connectivity index (χ0n) is 11.5. The van der Waals surface area contributed by atoms with Crippen LogP contribution in [-0.4, -0.2) is 38.2 Å². The zero-order valence-corrected chi connectivity index (χ0v) is 13.1. The highest BCUT2D eigenvalue weighted by Gasteiger charge is 2.21. The van der Waals surface area contributed by atoms with Gasteiger partial charge in [0, 0.05) is 20.2 Å². The lowest BCUT2D eigenvalue weighted by molar-refractivity contribution is 0.177. The number of halogens is 1. The van der Waals surface area contributed by atoms with Gasteiger partial charge in [-0.2, -0.15) is 4.31 Å². The summed E-state index contributed by atoms with van der Waals surface area (Å²) in [4.78, 5) is 0. The Hall–Kier alpha value is -0.620. The van der Waals surface area contributed by atoms with Gasteiger partial charge in [-0.05, 0) is 25.0 Å². The molecule has 0 atom stereocenters. The van der Waals surface area contributed by atoms with Crippen LogP contribution in [0.4, 0.5) is 0 Å². The Morgan fingerprint density at radius 2 is 2.00 bits per heavy atom. The van der Waals surface area contributed by atoms with E-state index in [0.29, 0.717) is 19.7 Å². The first kappa shape index (κ1) is 16.4. The summed E-state index contributed by atoms with van der Waals surface area (Å²) >= 11 is 5.53. The molecule has 0 radical (unpaired) electrons. The molecule has 0 amide bonds. The second-order valence-corrected chi connectivity index (χ2v) is 7.03. The highest BCUT2D eigenvalue weighted by atomic mass is 35.5. The lowest BCUT2D eigenvalue weighted by Crippen LogP contribution is -2.34. The van der Waals surface area contributed by atoms with Crippen LogP contribution in [0.15, 0.2) is 18.2 Å². The summed E-state index contributed by atoms with van der Waals surface area (Å²) < 4.78 is 30.2. The molecule has 0 bridgehead atoms. The van der Waals surface area contributed by atoms with Crippen LogP contribution in [0.25, 0.3) is 0 Å². The van der Waals surface area contributed by atoms with Crippen molar-refractivity contribution in [2.24, 2.45) is 0 Å². The molecule has 0 N–H and O–H groups in total. The first-order valence-electron chi connectivity index (χ1n) is 5.99. The summed E-state index contributed by atoms with van der Waals surface area (Å²) in [5.74, 6) is 0.